The molecule has 2 aliphatic rings. The highest BCUT2D eigenvalue weighted by Crippen LogP contribution is 2.52. The van der Waals surface area contributed by atoms with Crippen molar-refractivity contribution in [3.05, 3.63) is 29.8 Å². The fraction of sp³-hybridized carbons (Fsp3) is 0.588. The molecule has 6 nitrogen and oxygen atoms in total. The Labute approximate surface area is 149 Å². The van der Waals surface area contributed by atoms with Crippen molar-refractivity contribution in [3.63, 3.8) is 0 Å². The van der Waals surface area contributed by atoms with E-state index in [0.29, 0.717) is 31.9 Å². The minimum atomic E-state index is -4.54. The van der Waals surface area contributed by atoms with Crippen LogP contribution >= 0.6 is 0 Å². The van der Waals surface area contributed by atoms with Crippen LogP contribution in [0.15, 0.2) is 34.5 Å². The molecule has 0 aliphatic carbocycles. The molecule has 0 saturated carbocycles. The van der Waals surface area contributed by atoms with Crippen molar-refractivity contribution >= 4 is 11.8 Å². The Morgan fingerprint density at radius 3 is 2.23 bits per heavy atom. The zero-order chi connectivity index (χ0) is 19.2. The molecule has 0 spiro atoms. The van der Waals surface area contributed by atoms with Crippen LogP contribution in [0.1, 0.15) is 26.3 Å². The van der Waals surface area contributed by atoms with Crippen LogP contribution < -0.4 is 4.90 Å². The molecule has 0 radical (unpaired) electrons. The van der Waals surface area contributed by atoms with E-state index >= 15 is 0 Å². The Morgan fingerprint density at radius 1 is 1.12 bits per heavy atom. The average Bonchev–Trinajstić information content (AvgIpc) is 3.35. The van der Waals surface area contributed by atoms with Gasteiger partial charge in [-0.05, 0) is 32.9 Å². The molecule has 142 valence electrons. The number of hydrogen-bond donors (Lipinski definition) is 0. The number of carbonyl (C=O) groups excluding carboxylic acids is 1. The highest BCUT2D eigenvalue weighted by molar-refractivity contribution is 5.68. The van der Waals surface area contributed by atoms with Crippen LogP contribution in [0, 0.1) is 0 Å². The monoisotopic (exact) mass is 370 g/mol. The molecule has 0 unspecified atom stereocenters. The number of piperazine rings is 1. The second-order valence-electron chi connectivity index (χ2n) is 7.37. The van der Waals surface area contributed by atoms with E-state index in [2.05, 4.69) is 10.2 Å². The van der Waals surface area contributed by atoms with Gasteiger partial charge >= 0.3 is 17.9 Å². The first-order valence-electron chi connectivity index (χ1n) is 8.36. The van der Waals surface area contributed by atoms with Crippen LogP contribution in [-0.2, 0) is 10.4 Å². The zero-order valence-corrected chi connectivity index (χ0v) is 14.9. The van der Waals surface area contributed by atoms with Crippen molar-refractivity contribution < 1.29 is 22.7 Å². The number of ether oxygens (including phenoxy) is 1. The number of alkyl halides is 3. The first-order valence-corrected chi connectivity index (χ1v) is 8.36. The first-order chi connectivity index (χ1) is 12.0. The molecule has 1 fully saturated rings. The Balaban J connectivity index is 1.66. The van der Waals surface area contributed by atoms with E-state index in [-0.39, 0.29) is 11.7 Å². The number of anilines is 1. The summed E-state index contributed by atoms with van der Waals surface area (Å²) < 4.78 is 44.9. The number of nitrogens with zero attached hydrogens (tertiary/aromatic N) is 4. The molecule has 0 aromatic heterocycles. The van der Waals surface area contributed by atoms with Gasteiger partial charge in [-0.1, -0.05) is 12.1 Å². The fourth-order valence-corrected chi connectivity index (χ4v) is 2.84. The quantitative estimate of drug-likeness (QED) is 0.793. The summed E-state index contributed by atoms with van der Waals surface area (Å²) in [6.45, 7) is 7.31. The third-order valence-electron chi connectivity index (χ3n) is 4.24. The van der Waals surface area contributed by atoms with Gasteiger partial charge < -0.3 is 14.5 Å². The van der Waals surface area contributed by atoms with E-state index in [0.717, 1.165) is 0 Å². The van der Waals surface area contributed by atoms with Gasteiger partial charge in [-0.15, -0.1) is 10.2 Å². The molecule has 0 bridgehead atoms. The highest BCUT2D eigenvalue weighted by Gasteiger charge is 2.65. The average molecular weight is 370 g/mol. The Kier molecular flexibility index (Phi) is 4.36. The molecule has 1 saturated heterocycles. The largest absolute Gasteiger partial charge is 0.444 e. The smallest absolute Gasteiger partial charge is 0.442 e. The molecule has 3 rings (SSSR count). The lowest BCUT2D eigenvalue weighted by Gasteiger charge is -2.37. The molecular formula is C17H21F3N4O2. The van der Waals surface area contributed by atoms with E-state index in [9.17, 15) is 18.0 Å². The SMILES string of the molecule is CC(C)(C)OC(=O)N1CCN(c2cccc(C3(C(F)(F)F)N=N3)c2)CC1. The van der Waals surface area contributed by atoms with Gasteiger partial charge in [0, 0.05) is 37.4 Å². The van der Waals surface area contributed by atoms with E-state index in [4.69, 9.17) is 4.74 Å². The molecule has 1 amide bonds. The van der Waals surface area contributed by atoms with Crippen LogP contribution in [0.25, 0.3) is 0 Å². The highest BCUT2D eigenvalue weighted by atomic mass is 19.4. The standard InChI is InChI=1S/C17H21F3N4O2/c1-15(2,3)26-14(25)24-9-7-23(8-10-24)13-6-4-5-12(11-13)16(21-22-16)17(18,19)20/h4-6,11H,7-10H2,1-3H3. The molecule has 9 heteroatoms. The van der Waals surface area contributed by atoms with Gasteiger partial charge in [-0.3, -0.25) is 0 Å². The maximum Gasteiger partial charge on any atom is 0.442 e. The van der Waals surface area contributed by atoms with Crippen LogP contribution in [0.2, 0.25) is 0 Å². The van der Waals surface area contributed by atoms with Crippen molar-refractivity contribution in [2.75, 3.05) is 31.1 Å². The summed E-state index contributed by atoms with van der Waals surface area (Å²) in [5.74, 6) is 0. The zero-order valence-electron chi connectivity index (χ0n) is 14.9. The lowest BCUT2D eigenvalue weighted by molar-refractivity contribution is -0.166. The van der Waals surface area contributed by atoms with Crippen molar-refractivity contribution in [2.45, 2.75) is 38.2 Å². The molecule has 2 heterocycles. The topological polar surface area (TPSA) is 57.5 Å². The van der Waals surface area contributed by atoms with Gasteiger partial charge in [0.1, 0.15) is 5.60 Å². The maximum absolute atomic E-state index is 13.2. The molecule has 1 aromatic rings. The minimum absolute atomic E-state index is 0.0112. The molecule has 2 aliphatic heterocycles. The number of benzene rings is 1. The molecule has 0 atom stereocenters. The normalized spacial score (nSPS) is 19.5. The summed E-state index contributed by atoms with van der Waals surface area (Å²) in [6, 6.07) is 6.17. The number of carbonyl (C=O) groups is 1. The van der Waals surface area contributed by atoms with Crippen molar-refractivity contribution in [1.29, 1.82) is 0 Å². The van der Waals surface area contributed by atoms with Gasteiger partial charge in [0.05, 0.1) is 0 Å². The third kappa shape index (κ3) is 3.61. The number of amides is 1. The summed E-state index contributed by atoms with van der Waals surface area (Å²) in [4.78, 5) is 15.6. The van der Waals surface area contributed by atoms with Crippen LogP contribution in [0.4, 0.5) is 23.7 Å². The van der Waals surface area contributed by atoms with Gasteiger partial charge in [0.2, 0.25) is 0 Å². The summed E-state index contributed by atoms with van der Waals surface area (Å²) in [5, 5.41) is 6.49. The Morgan fingerprint density at radius 2 is 1.73 bits per heavy atom. The number of halogens is 3. The van der Waals surface area contributed by atoms with E-state index in [1.807, 2.05) is 4.90 Å². The predicted octanol–water partition coefficient (Wildman–Crippen LogP) is 3.92. The summed E-state index contributed by atoms with van der Waals surface area (Å²) >= 11 is 0. The molecule has 26 heavy (non-hydrogen) atoms. The molecular weight excluding hydrogens is 349 g/mol. The predicted molar refractivity (Wildman–Crippen MR) is 89.1 cm³/mol. The second kappa shape index (κ2) is 6.14. The van der Waals surface area contributed by atoms with Crippen molar-refractivity contribution in [3.8, 4) is 0 Å². The van der Waals surface area contributed by atoms with Gasteiger partial charge in [0.15, 0.2) is 0 Å². The number of hydrogen-bond acceptors (Lipinski definition) is 5. The minimum Gasteiger partial charge on any atom is -0.444 e. The van der Waals surface area contributed by atoms with Crippen molar-refractivity contribution in [2.24, 2.45) is 10.2 Å². The van der Waals surface area contributed by atoms with Crippen molar-refractivity contribution in [1.82, 2.24) is 4.90 Å². The van der Waals surface area contributed by atoms with E-state index in [1.165, 1.54) is 12.1 Å². The van der Waals surface area contributed by atoms with E-state index in [1.54, 1.807) is 37.8 Å². The molecule has 1 aromatic carbocycles. The maximum atomic E-state index is 13.2. The third-order valence-corrected chi connectivity index (χ3v) is 4.24. The van der Waals surface area contributed by atoms with Gasteiger partial charge in [-0.25, -0.2) is 4.79 Å². The van der Waals surface area contributed by atoms with Gasteiger partial charge in [-0.2, -0.15) is 13.2 Å². The summed E-state index contributed by atoms with van der Waals surface area (Å²) in [5.41, 5.74) is -2.31. The second-order valence-corrected chi connectivity index (χ2v) is 7.37. The van der Waals surface area contributed by atoms with Crippen LogP contribution in [-0.4, -0.2) is 48.9 Å². The fourth-order valence-electron chi connectivity index (χ4n) is 2.84. The molecule has 0 N–H and O–H groups in total. The Bertz CT molecular complexity index is 713. The van der Waals surface area contributed by atoms with Gasteiger partial charge in [0.25, 0.3) is 0 Å². The summed E-state index contributed by atoms with van der Waals surface area (Å²) in [7, 11) is 0. The lowest BCUT2D eigenvalue weighted by Crippen LogP contribution is -2.50. The van der Waals surface area contributed by atoms with Crippen LogP contribution in [0.3, 0.4) is 0 Å². The first kappa shape index (κ1) is 18.5. The van der Waals surface area contributed by atoms with E-state index < -0.39 is 17.4 Å². The lowest BCUT2D eigenvalue weighted by atomic mass is 10.0. The summed E-state index contributed by atoms with van der Waals surface area (Å²) in [6.07, 6.45) is -4.92. The Hall–Kier alpha value is -2.32. The number of rotatable bonds is 2. The van der Waals surface area contributed by atoms with Crippen LogP contribution in [0.5, 0.6) is 0 Å².